The highest BCUT2D eigenvalue weighted by Gasteiger charge is 2.14. The van der Waals surface area contributed by atoms with Crippen LogP contribution in [0.2, 0.25) is 0 Å². The zero-order valence-corrected chi connectivity index (χ0v) is 15.9. The van der Waals surface area contributed by atoms with E-state index in [-0.39, 0.29) is 0 Å². The molecule has 2 aromatic heterocycles. The molecule has 0 aliphatic rings. The van der Waals surface area contributed by atoms with Crippen LogP contribution in [0.25, 0.3) is 11.3 Å². The third-order valence-corrected chi connectivity index (χ3v) is 5.37. The Hall–Kier alpha value is -2.92. The summed E-state index contributed by atoms with van der Waals surface area (Å²) in [5.41, 5.74) is 3.44. The summed E-state index contributed by atoms with van der Waals surface area (Å²) in [5, 5.41) is 0.973. The Kier molecular flexibility index (Phi) is 5.30. The average molecular weight is 376 g/mol. The Labute approximate surface area is 162 Å². The molecule has 0 saturated heterocycles. The highest BCUT2D eigenvalue weighted by molar-refractivity contribution is 7.98. The van der Waals surface area contributed by atoms with E-state index in [1.54, 1.807) is 25.1 Å². The molecule has 2 heterocycles. The Morgan fingerprint density at radius 2 is 1.81 bits per heavy atom. The summed E-state index contributed by atoms with van der Waals surface area (Å²) >= 11 is 1.73. The molecule has 4 rings (SSSR count). The van der Waals surface area contributed by atoms with E-state index in [0.717, 1.165) is 33.7 Å². The molecule has 0 aliphatic heterocycles. The van der Waals surface area contributed by atoms with Gasteiger partial charge >= 0.3 is 0 Å². The molecule has 27 heavy (non-hydrogen) atoms. The Bertz CT molecular complexity index is 977. The van der Waals surface area contributed by atoms with Crippen molar-refractivity contribution in [1.29, 1.82) is 0 Å². The second-order valence-corrected chi connectivity index (χ2v) is 7.04. The van der Waals surface area contributed by atoms with Crippen molar-refractivity contribution in [2.45, 2.75) is 17.5 Å². The normalized spacial score (nSPS) is 10.9. The topological polar surface area (TPSA) is 40.2 Å². The summed E-state index contributed by atoms with van der Waals surface area (Å²) < 4.78 is 13.0. The van der Waals surface area contributed by atoms with Gasteiger partial charge < -0.3 is 13.7 Å². The van der Waals surface area contributed by atoms with Crippen LogP contribution in [-0.2, 0) is 12.3 Å². The van der Waals surface area contributed by atoms with Gasteiger partial charge in [0.1, 0.15) is 11.5 Å². The molecular formula is C22H20N2O2S. The fourth-order valence-electron chi connectivity index (χ4n) is 2.90. The van der Waals surface area contributed by atoms with E-state index in [0.29, 0.717) is 6.54 Å². The van der Waals surface area contributed by atoms with E-state index in [1.165, 1.54) is 5.56 Å². The molecule has 0 atom stereocenters. The summed E-state index contributed by atoms with van der Waals surface area (Å²) in [7, 11) is 1.68. The minimum absolute atomic E-state index is 0.644. The summed E-state index contributed by atoms with van der Waals surface area (Å²) in [6, 6.07) is 22.4. The predicted molar refractivity (Wildman–Crippen MR) is 108 cm³/mol. The first-order valence-corrected chi connectivity index (χ1v) is 9.71. The van der Waals surface area contributed by atoms with Crippen LogP contribution in [0.5, 0.6) is 5.75 Å². The summed E-state index contributed by atoms with van der Waals surface area (Å²) in [6.45, 7) is 0.644. The lowest BCUT2D eigenvalue weighted by atomic mass is 10.1. The van der Waals surface area contributed by atoms with Crippen LogP contribution in [0.1, 0.15) is 11.3 Å². The van der Waals surface area contributed by atoms with Crippen LogP contribution >= 0.6 is 11.8 Å². The Balaban J connectivity index is 1.64. The molecule has 136 valence electrons. The maximum absolute atomic E-state index is 5.57. The van der Waals surface area contributed by atoms with Crippen LogP contribution in [0.3, 0.4) is 0 Å². The predicted octanol–water partition coefficient (Wildman–Crippen LogP) is 5.49. The zero-order valence-electron chi connectivity index (χ0n) is 15.0. The van der Waals surface area contributed by atoms with Crippen molar-refractivity contribution in [3.8, 4) is 17.0 Å². The first-order chi connectivity index (χ1) is 13.3. The van der Waals surface area contributed by atoms with Gasteiger partial charge in [-0.3, -0.25) is 0 Å². The third kappa shape index (κ3) is 4.09. The number of imidazole rings is 1. The maximum atomic E-state index is 5.57. The molecule has 2 aromatic carbocycles. The lowest BCUT2D eigenvalue weighted by molar-refractivity contribution is 0.415. The van der Waals surface area contributed by atoms with E-state index >= 15 is 0 Å². The van der Waals surface area contributed by atoms with Gasteiger partial charge in [-0.2, -0.15) is 0 Å². The molecule has 0 saturated carbocycles. The maximum Gasteiger partial charge on any atom is 0.169 e. The van der Waals surface area contributed by atoms with Crippen molar-refractivity contribution in [3.05, 3.63) is 90.5 Å². The number of thioether (sulfide) groups is 1. The average Bonchev–Trinajstić information content (AvgIpc) is 3.38. The molecule has 5 heteroatoms. The van der Waals surface area contributed by atoms with Gasteiger partial charge in [-0.15, -0.1) is 0 Å². The van der Waals surface area contributed by atoms with Crippen LogP contribution in [0, 0.1) is 0 Å². The first-order valence-electron chi connectivity index (χ1n) is 8.72. The van der Waals surface area contributed by atoms with Gasteiger partial charge in [-0.1, -0.05) is 42.1 Å². The van der Waals surface area contributed by atoms with E-state index in [4.69, 9.17) is 9.15 Å². The fourth-order valence-corrected chi connectivity index (χ4v) is 3.83. The lowest BCUT2D eigenvalue weighted by Crippen LogP contribution is -2.03. The molecular weight excluding hydrogens is 356 g/mol. The van der Waals surface area contributed by atoms with Gasteiger partial charge in [0, 0.05) is 11.3 Å². The number of nitrogens with zero attached hydrogens (tertiary/aromatic N) is 2. The van der Waals surface area contributed by atoms with Crippen LogP contribution in [-0.4, -0.2) is 16.7 Å². The SMILES string of the molecule is COc1ccc(-c2cnc(SCc3ccccc3)n2Cc2ccco2)cc1. The van der Waals surface area contributed by atoms with E-state index in [9.17, 15) is 0 Å². The van der Waals surface area contributed by atoms with Crippen molar-refractivity contribution in [1.82, 2.24) is 9.55 Å². The van der Waals surface area contributed by atoms with E-state index in [2.05, 4.69) is 45.9 Å². The molecule has 0 amide bonds. The Morgan fingerprint density at radius 3 is 2.52 bits per heavy atom. The number of rotatable bonds is 7. The number of benzene rings is 2. The standard InChI is InChI=1S/C22H20N2O2S/c1-25-19-11-9-18(10-12-19)21-14-23-22(24(21)15-20-8-5-13-26-20)27-16-17-6-3-2-4-7-17/h2-14H,15-16H2,1H3. The highest BCUT2D eigenvalue weighted by atomic mass is 32.2. The number of furan rings is 1. The third-order valence-electron chi connectivity index (χ3n) is 4.31. The molecule has 0 N–H and O–H groups in total. The largest absolute Gasteiger partial charge is 0.497 e. The molecule has 0 fully saturated rings. The van der Waals surface area contributed by atoms with Gasteiger partial charge in [-0.25, -0.2) is 4.98 Å². The zero-order chi connectivity index (χ0) is 18.5. The number of aromatic nitrogens is 2. The van der Waals surface area contributed by atoms with E-state index < -0.39 is 0 Å². The van der Waals surface area contributed by atoms with Gasteiger partial charge in [0.2, 0.25) is 0 Å². The van der Waals surface area contributed by atoms with Gasteiger partial charge in [0.05, 0.1) is 31.8 Å². The fraction of sp³-hybridized carbons (Fsp3) is 0.136. The quantitative estimate of drug-likeness (QED) is 0.400. The van der Waals surface area contributed by atoms with Gasteiger partial charge in [0.15, 0.2) is 5.16 Å². The summed E-state index contributed by atoms with van der Waals surface area (Å²) in [5.74, 6) is 2.62. The Morgan fingerprint density at radius 1 is 1.00 bits per heavy atom. The van der Waals surface area contributed by atoms with Crippen LogP contribution in [0.4, 0.5) is 0 Å². The van der Waals surface area contributed by atoms with Crippen molar-refractivity contribution < 1.29 is 9.15 Å². The molecule has 0 spiro atoms. The highest BCUT2D eigenvalue weighted by Crippen LogP contribution is 2.30. The van der Waals surface area contributed by atoms with E-state index in [1.807, 2.05) is 36.5 Å². The number of hydrogen-bond acceptors (Lipinski definition) is 4. The lowest BCUT2D eigenvalue weighted by Gasteiger charge is -2.11. The van der Waals surface area contributed by atoms with Crippen molar-refractivity contribution in [3.63, 3.8) is 0 Å². The first kappa shape index (κ1) is 17.5. The molecule has 0 aliphatic carbocycles. The summed E-state index contributed by atoms with van der Waals surface area (Å²) in [6.07, 6.45) is 3.63. The van der Waals surface area contributed by atoms with Crippen LogP contribution < -0.4 is 4.74 Å². The number of methoxy groups -OCH3 is 1. The smallest absolute Gasteiger partial charge is 0.169 e. The minimum atomic E-state index is 0.644. The summed E-state index contributed by atoms with van der Waals surface area (Å²) in [4.78, 5) is 4.68. The second kappa shape index (κ2) is 8.18. The second-order valence-electron chi connectivity index (χ2n) is 6.09. The molecule has 4 aromatic rings. The van der Waals surface area contributed by atoms with Crippen molar-refractivity contribution in [2.75, 3.05) is 7.11 Å². The van der Waals surface area contributed by atoms with Gasteiger partial charge in [0.25, 0.3) is 0 Å². The van der Waals surface area contributed by atoms with Crippen LogP contribution in [0.15, 0.2) is 88.8 Å². The molecule has 0 bridgehead atoms. The minimum Gasteiger partial charge on any atom is -0.497 e. The van der Waals surface area contributed by atoms with Crippen molar-refractivity contribution in [2.24, 2.45) is 0 Å². The number of hydrogen-bond donors (Lipinski definition) is 0. The number of ether oxygens (including phenoxy) is 1. The van der Waals surface area contributed by atoms with Crippen molar-refractivity contribution >= 4 is 11.8 Å². The molecule has 4 nitrogen and oxygen atoms in total. The van der Waals surface area contributed by atoms with Gasteiger partial charge in [-0.05, 0) is 42.0 Å². The monoisotopic (exact) mass is 376 g/mol. The molecule has 0 radical (unpaired) electrons. The molecule has 0 unspecified atom stereocenters.